The number of rotatable bonds is 4. The summed E-state index contributed by atoms with van der Waals surface area (Å²) >= 11 is 3.46. The summed E-state index contributed by atoms with van der Waals surface area (Å²) in [4.78, 5) is 13.9. The molecule has 1 fully saturated rings. The van der Waals surface area contributed by atoms with E-state index in [9.17, 15) is 4.79 Å². The molecule has 1 heterocycles. The number of para-hydroxylation sites is 1. The fraction of sp³-hybridized carbons (Fsp3) is 0.278. The van der Waals surface area contributed by atoms with Crippen molar-refractivity contribution >= 4 is 27.5 Å². The van der Waals surface area contributed by atoms with Gasteiger partial charge < -0.3 is 9.64 Å². The minimum absolute atomic E-state index is 0.192. The number of hydrogen-bond acceptors (Lipinski definition) is 2. The van der Waals surface area contributed by atoms with Gasteiger partial charge in [-0.05, 0) is 48.7 Å². The first-order valence-electron chi connectivity index (χ1n) is 7.37. The maximum absolute atomic E-state index is 12.0. The molecule has 4 heteroatoms. The molecule has 1 unspecified atom stereocenters. The maximum atomic E-state index is 12.0. The molecule has 1 aliphatic rings. The largest absolute Gasteiger partial charge is 0.457 e. The van der Waals surface area contributed by atoms with Gasteiger partial charge in [-0.3, -0.25) is 4.79 Å². The second-order valence-electron chi connectivity index (χ2n) is 5.59. The summed E-state index contributed by atoms with van der Waals surface area (Å²) in [5.41, 5.74) is 2.03. The first-order valence-corrected chi connectivity index (χ1v) is 8.49. The Morgan fingerprint density at radius 1 is 1.18 bits per heavy atom. The Morgan fingerprint density at radius 2 is 1.91 bits per heavy atom. The minimum Gasteiger partial charge on any atom is -0.457 e. The lowest BCUT2D eigenvalue weighted by Crippen LogP contribution is -2.24. The zero-order valence-corrected chi connectivity index (χ0v) is 14.0. The van der Waals surface area contributed by atoms with Crippen LogP contribution in [0.5, 0.6) is 11.5 Å². The van der Waals surface area contributed by atoms with Crippen LogP contribution in [0.3, 0.4) is 0 Å². The van der Waals surface area contributed by atoms with Crippen LogP contribution in [0.1, 0.15) is 12.0 Å². The van der Waals surface area contributed by atoms with Crippen molar-refractivity contribution in [2.45, 2.75) is 13.3 Å². The topological polar surface area (TPSA) is 29.5 Å². The summed E-state index contributed by atoms with van der Waals surface area (Å²) in [6.07, 6.45) is 0.618. The number of anilines is 1. The third kappa shape index (κ3) is 3.17. The van der Waals surface area contributed by atoms with Crippen LogP contribution in [0, 0.1) is 12.8 Å². The third-order valence-corrected chi connectivity index (χ3v) is 4.81. The van der Waals surface area contributed by atoms with Crippen LogP contribution in [-0.2, 0) is 4.79 Å². The zero-order valence-electron chi connectivity index (χ0n) is 12.5. The van der Waals surface area contributed by atoms with Gasteiger partial charge in [0, 0.05) is 24.0 Å². The second kappa shape index (κ2) is 6.53. The number of halogens is 1. The molecule has 22 heavy (non-hydrogen) atoms. The van der Waals surface area contributed by atoms with Crippen LogP contribution in [0.25, 0.3) is 0 Å². The van der Waals surface area contributed by atoms with Gasteiger partial charge in [0.2, 0.25) is 5.91 Å². The molecule has 3 rings (SSSR count). The summed E-state index contributed by atoms with van der Waals surface area (Å²) in [5, 5.41) is 0.865. The SMILES string of the molecule is Cc1ccccc1Oc1ccc(N2CC(CBr)CC2=O)cc1. The van der Waals surface area contributed by atoms with Crippen molar-refractivity contribution in [3.63, 3.8) is 0 Å². The molecule has 1 aliphatic heterocycles. The highest BCUT2D eigenvalue weighted by Gasteiger charge is 2.29. The molecule has 0 radical (unpaired) electrons. The lowest BCUT2D eigenvalue weighted by Gasteiger charge is -2.17. The summed E-state index contributed by atoms with van der Waals surface area (Å²) in [6.45, 7) is 2.80. The number of hydrogen-bond donors (Lipinski definition) is 0. The zero-order chi connectivity index (χ0) is 15.5. The van der Waals surface area contributed by atoms with Gasteiger partial charge in [-0.1, -0.05) is 34.1 Å². The molecule has 2 aromatic carbocycles. The molecule has 1 amide bonds. The van der Waals surface area contributed by atoms with Crippen molar-refractivity contribution in [2.24, 2.45) is 5.92 Å². The first-order chi connectivity index (χ1) is 10.7. The van der Waals surface area contributed by atoms with E-state index in [0.29, 0.717) is 12.3 Å². The Morgan fingerprint density at radius 3 is 2.55 bits per heavy atom. The molecule has 114 valence electrons. The minimum atomic E-state index is 0.192. The van der Waals surface area contributed by atoms with E-state index in [0.717, 1.165) is 34.6 Å². The summed E-state index contributed by atoms with van der Waals surface area (Å²) in [5.74, 6) is 2.22. The predicted octanol–water partition coefficient (Wildman–Crippen LogP) is 4.54. The van der Waals surface area contributed by atoms with Crippen LogP contribution in [0.15, 0.2) is 48.5 Å². The average Bonchev–Trinajstić information content (AvgIpc) is 2.91. The molecule has 1 atom stereocenters. The summed E-state index contributed by atoms with van der Waals surface area (Å²) in [6, 6.07) is 15.6. The quantitative estimate of drug-likeness (QED) is 0.750. The predicted molar refractivity (Wildman–Crippen MR) is 91.9 cm³/mol. The molecule has 3 nitrogen and oxygen atoms in total. The lowest BCUT2D eigenvalue weighted by atomic mass is 10.2. The Bertz CT molecular complexity index is 669. The Labute approximate surface area is 139 Å². The molecule has 0 aromatic heterocycles. The molecule has 0 saturated carbocycles. The molecule has 0 N–H and O–H groups in total. The van der Waals surface area contributed by atoms with Crippen molar-refractivity contribution in [3.8, 4) is 11.5 Å². The van der Waals surface area contributed by atoms with Gasteiger partial charge in [-0.2, -0.15) is 0 Å². The highest BCUT2D eigenvalue weighted by Crippen LogP contribution is 2.30. The Hall–Kier alpha value is -1.81. The fourth-order valence-corrected chi connectivity index (χ4v) is 3.06. The number of nitrogens with zero attached hydrogens (tertiary/aromatic N) is 1. The van der Waals surface area contributed by atoms with Crippen molar-refractivity contribution < 1.29 is 9.53 Å². The number of aryl methyl sites for hydroxylation is 1. The van der Waals surface area contributed by atoms with Crippen LogP contribution in [0.2, 0.25) is 0 Å². The van der Waals surface area contributed by atoms with Crippen molar-refractivity contribution in [1.82, 2.24) is 0 Å². The average molecular weight is 360 g/mol. The van der Waals surface area contributed by atoms with E-state index < -0.39 is 0 Å². The van der Waals surface area contributed by atoms with E-state index >= 15 is 0 Å². The van der Waals surface area contributed by atoms with Gasteiger partial charge in [0.05, 0.1) is 0 Å². The van der Waals surface area contributed by atoms with Crippen molar-refractivity contribution in [3.05, 3.63) is 54.1 Å². The lowest BCUT2D eigenvalue weighted by molar-refractivity contribution is -0.117. The van der Waals surface area contributed by atoms with Crippen molar-refractivity contribution in [2.75, 3.05) is 16.8 Å². The summed E-state index contributed by atoms with van der Waals surface area (Å²) in [7, 11) is 0. The van der Waals surface area contributed by atoms with E-state index in [1.165, 1.54) is 0 Å². The molecular weight excluding hydrogens is 342 g/mol. The van der Waals surface area contributed by atoms with E-state index in [1.54, 1.807) is 0 Å². The van der Waals surface area contributed by atoms with E-state index in [2.05, 4.69) is 15.9 Å². The van der Waals surface area contributed by atoms with Gasteiger partial charge in [0.1, 0.15) is 11.5 Å². The highest BCUT2D eigenvalue weighted by atomic mass is 79.9. The van der Waals surface area contributed by atoms with E-state index in [-0.39, 0.29) is 5.91 Å². The molecule has 0 aliphatic carbocycles. The van der Waals surface area contributed by atoms with Gasteiger partial charge in [-0.25, -0.2) is 0 Å². The van der Waals surface area contributed by atoms with Crippen LogP contribution in [-0.4, -0.2) is 17.8 Å². The number of benzene rings is 2. The normalized spacial score (nSPS) is 17.8. The molecule has 0 spiro atoms. The molecular formula is C18H18BrNO2. The Kier molecular flexibility index (Phi) is 4.48. The number of carbonyl (C=O) groups is 1. The number of alkyl halides is 1. The number of amides is 1. The second-order valence-corrected chi connectivity index (χ2v) is 6.24. The molecule has 0 bridgehead atoms. The van der Waals surface area contributed by atoms with Crippen LogP contribution < -0.4 is 9.64 Å². The van der Waals surface area contributed by atoms with Crippen LogP contribution >= 0.6 is 15.9 Å². The standard InChI is InChI=1S/C18H18BrNO2/c1-13-4-2-3-5-17(13)22-16-8-6-15(7-9-16)20-12-14(11-19)10-18(20)21/h2-9,14H,10-12H2,1H3. The van der Waals surface area contributed by atoms with Gasteiger partial charge >= 0.3 is 0 Å². The van der Waals surface area contributed by atoms with Gasteiger partial charge in [0.25, 0.3) is 0 Å². The molecule has 2 aromatic rings. The van der Waals surface area contributed by atoms with Gasteiger partial charge in [-0.15, -0.1) is 0 Å². The fourth-order valence-electron chi connectivity index (χ4n) is 2.63. The Balaban J connectivity index is 1.73. The van der Waals surface area contributed by atoms with Crippen molar-refractivity contribution in [1.29, 1.82) is 0 Å². The molecule has 1 saturated heterocycles. The summed E-state index contributed by atoms with van der Waals surface area (Å²) < 4.78 is 5.88. The van der Waals surface area contributed by atoms with Crippen LogP contribution in [0.4, 0.5) is 5.69 Å². The van der Waals surface area contributed by atoms with E-state index in [1.807, 2.05) is 60.4 Å². The smallest absolute Gasteiger partial charge is 0.227 e. The first kappa shape index (κ1) is 15.1. The number of ether oxygens (including phenoxy) is 1. The highest BCUT2D eigenvalue weighted by molar-refractivity contribution is 9.09. The third-order valence-electron chi connectivity index (χ3n) is 3.89. The number of carbonyl (C=O) groups excluding carboxylic acids is 1. The van der Waals surface area contributed by atoms with Gasteiger partial charge in [0.15, 0.2) is 0 Å². The van der Waals surface area contributed by atoms with E-state index in [4.69, 9.17) is 4.74 Å². The maximum Gasteiger partial charge on any atom is 0.227 e. The monoisotopic (exact) mass is 359 g/mol.